The van der Waals surface area contributed by atoms with Gasteiger partial charge in [0.25, 0.3) is 0 Å². The van der Waals surface area contributed by atoms with Gasteiger partial charge in [-0.2, -0.15) is 0 Å². The van der Waals surface area contributed by atoms with Crippen LogP contribution >= 0.6 is 0 Å². The first kappa shape index (κ1) is 11.7. The van der Waals surface area contributed by atoms with E-state index >= 15 is 0 Å². The Morgan fingerprint density at radius 1 is 1.33 bits per heavy atom. The fourth-order valence-corrected chi connectivity index (χ4v) is 1.47. The van der Waals surface area contributed by atoms with E-state index in [-0.39, 0.29) is 6.10 Å². The Morgan fingerprint density at radius 2 is 2.00 bits per heavy atom. The molecule has 1 atom stereocenters. The Balaban J connectivity index is 2.31. The zero-order chi connectivity index (χ0) is 11.1. The molecule has 1 aromatic carbocycles. The van der Waals surface area contributed by atoms with E-state index in [9.17, 15) is 5.11 Å². The Hall–Kier alpha value is -1.34. The Bertz CT molecular complexity index is 313. The van der Waals surface area contributed by atoms with E-state index in [1.807, 2.05) is 18.2 Å². The lowest BCUT2D eigenvalue weighted by Crippen LogP contribution is -2.08. The molecule has 0 saturated carbocycles. The summed E-state index contributed by atoms with van der Waals surface area (Å²) in [6.07, 6.45) is 3.70. The van der Waals surface area contributed by atoms with Crippen LogP contribution in [0.2, 0.25) is 0 Å². The molecule has 1 nitrogen and oxygen atoms in total. The van der Waals surface area contributed by atoms with Crippen molar-refractivity contribution < 1.29 is 5.11 Å². The molecule has 0 aliphatic rings. The van der Waals surface area contributed by atoms with Crippen LogP contribution in [0.1, 0.15) is 18.4 Å². The summed E-state index contributed by atoms with van der Waals surface area (Å²) in [7, 11) is 0. The number of aliphatic hydroxyl groups is 1. The van der Waals surface area contributed by atoms with Crippen molar-refractivity contribution in [2.24, 2.45) is 0 Å². The number of benzene rings is 1. The smallest absolute Gasteiger partial charge is 0.0583 e. The summed E-state index contributed by atoms with van der Waals surface area (Å²) in [5, 5.41) is 9.70. The lowest BCUT2D eigenvalue weighted by Gasteiger charge is -2.10. The molecule has 1 N–H and O–H groups in total. The summed E-state index contributed by atoms with van der Waals surface area (Å²) in [5.74, 6) is 0. The number of hydrogen-bond acceptors (Lipinski definition) is 1. The van der Waals surface area contributed by atoms with Gasteiger partial charge >= 0.3 is 0 Å². The average Bonchev–Trinajstić information content (AvgIpc) is 2.27. The van der Waals surface area contributed by atoms with E-state index in [0.29, 0.717) is 6.42 Å². The van der Waals surface area contributed by atoms with Crippen LogP contribution < -0.4 is 0 Å². The van der Waals surface area contributed by atoms with Gasteiger partial charge in [-0.3, -0.25) is 0 Å². The first-order chi connectivity index (χ1) is 7.22. The molecule has 0 bridgehead atoms. The Labute approximate surface area is 91.8 Å². The molecule has 0 radical (unpaired) electrons. The number of rotatable bonds is 6. The number of aliphatic hydroxyl groups excluding tert-OH is 1. The average molecular weight is 202 g/mol. The Morgan fingerprint density at radius 3 is 2.60 bits per heavy atom. The third kappa shape index (κ3) is 4.61. The molecule has 0 saturated heterocycles. The summed E-state index contributed by atoms with van der Waals surface area (Å²) in [5.41, 5.74) is 2.16. The number of aryl methyl sites for hydroxylation is 1. The molecule has 0 heterocycles. The van der Waals surface area contributed by atoms with Crippen molar-refractivity contribution in [2.45, 2.75) is 25.4 Å². The van der Waals surface area contributed by atoms with Crippen LogP contribution in [0.15, 0.2) is 55.1 Å². The van der Waals surface area contributed by atoms with Crippen molar-refractivity contribution in [3.05, 3.63) is 60.7 Å². The van der Waals surface area contributed by atoms with Crippen molar-refractivity contribution in [3.63, 3.8) is 0 Å². The lowest BCUT2D eigenvalue weighted by atomic mass is 10.0. The number of hydrogen-bond donors (Lipinski definition) is 1. The minimum Gasteiger partial charge on any atom is -0.393 e. The maximum atomic E-state index is 9.70. The molecule has 0 fully saturated rings. The summed E-state index contributed by atoms with van der Waals surface area (Å²) in [4.78, 5) is 0. The first-order valence-corrected chi connectivity index (χ1v) is 5.24. The predicted octanol–water partition coefficient (Wildman–Crippen LogP) is 3.11. The van der Waals surface area contributed by atoms with Gasteiger partial charge in [-0.05, 0) is 24.8 Å². The quantitative estimate of drug-likeness (QED) is 0.703. The highest BCUT2D eigenvalue weighted by Gasteiger charge is 2.04. The molecular weight excluding hydrogens is 184 g/mol. The van der Waals surface area contributed by atoms with Crippen LogP contribution in [-0.4, -0.2) is 11.2 Å². The standard InChI is InChI=1S/C14H18O/c1-3-12(2)11-14(15)10-9-13-7-5-4-6-8-13/h3-8,14-15H,1-2,9-11H2. The molecule has 0 spiro atoms. The van der Waals surface area contributed by atoms with Crippen LogP contribution in [0, 0.1) is 0 Å². The maximum Gasteiger partial charge on any atom is 0.0583 e. The van der Waals surface area contributed by atoms with E-state index in [1.165, 1.54) is 5.56 Å². The molecule has 1 aromatic rings. The van der Waals surface area contributed by atoms with Gasteiger partial charge in [0, 0.05) is 0 Å². The van der Waals surface area contributed by atoms with E-state index in [4.69, 9.17) is 0 Å². The molecule has 0 amide bonds. The van der Waals surface area contributed by atoms with Gasteiger partial charge in [-0.25, -0.2) is 0 Å². The van der Waals surface area contributed by atoms with E-state index in [2.05, 4.69) is 25.3 Å². The predicted molar refractivity (Wildman–Crippen MR) is 64.7 cm³/mol. The SMILES string of the molecule is C=CC(=C)CC(O)CCc1ccccc1. The molecule has 80 valence electrons. The van der Waals surface area contributed by atoms with Crippen molar-refractivity contribution >= 4 is 0 Å². The van der Waals surface area contributed by atoms with Crippen LogP contribution in [0.4, 0.5) is 0 Å². The van der Waals surface area contributed by atoms with Gasteiger partial charge in [-0.1, -0.05) is 55.1 Å². The second-order valence-corrected chi connectivity index (χ2v) is 3.74. The zero-order valence-electron chi connectivity index (χ0n) is 9.02. The fraction of sp³-hybridized carbons (Fsp3) is 0.286. The topological polar surface area (TPSA) is 20.2 Å². The molecule has 1 unspecified atom stereocenters. The van der Waals surface area contributed by atoms with Crippen LogP contribution in [0.3, 0.4) is 0 Å². The van der Waals surface area contributed by atoms with Crippen LogP contribution in [0.5, 0.6) is 0 Å². The third-order valence-electron chi connectivity index (χ3n) is 2.40. The molecule has 0 aliphatic carbocycles. The second-order valence-electron chi connectivity index (χ2n) is 3.74. The first-order valence-electron chi connectivity index (χ1n) is 5.24. The van der Waals surface area contributed by atoms with Crippen LogP contribution in [-0.2, 0) is 6.42 Å². The summed E-state index contributed by atoms with van der Waals surface area (Å²) < 4.78 is 0. The van der Waals surface area contributed by atoms with Crippen LogP contribution in [0.25, 0.3) is 0 Å². The van der Waals surface area contributed by atoms with E-state index in [1.54, 1.807) is 6.08 Å². The van der Waals surface area contributed by atoms with Crippen molar-refractivity contribution in [3.8, 4) is 0 Å². The highest BCUT2D eigenvalue weighted by molar-refractivity contribution is 5.15. The molecule has 1 heteroatoms. The number of allylic oxidation sites excluding steroid dienone is 1. The maximum absolute atomic E-state index is 9.70. The monoisotopic (exact) mass is 202 g/mol. The highest BCUT2D eigenvalue weighted by Crippen LogP contribution is 2.11. The summed E-state index contributed by atoms with van der Waals surface area (Å²) in [6, 6.07) is 10.2. The zero-order valence-corrected chi connectivity index (χ0v) is 9.02. The van der Waals surface area contributed by atoms with Gasteiger partial charge in [0.1, 0.15) is 0 Å². The second kappa shape index (κ2) is 6.20. The van der Waals surface area contributed by atoms with Gasteiger partial charge < -0.3 is 5.11 Å². The van der Waals surface area contributed by atoms with E-state index < -0.39 is 0 Å². The molecular formula is C14H18O. The van der Waals surface area contributed by atoms with Gasteiger partial charge in [0.2, 0.25) is 0 Å². The minimum absolute atomic E-state index is 0.310. The normalized spacial score (nSPS) is 12.1. The molecule has 0 aromatic heterocycles. The molecule has 1 rings (SSSR count). The van der Waals surface area contributed by atoms with Crippen molar-refractivity contribution in [1.82, 2.24) is 0 Å². The molecule has 15 heavy (non-hydrogen) atoms. The molecule has 0 aliphatic heterocycles. The Kier molecular flexibility index (Phi) is 4.85. The van der Waals surface area contributed by atoms with Gasteiger partial charge in [-0.15, -0.1) is 0 Å². The fourth-order valence-electron chi connectivity index (χ4n) is 1.47. The summed E-state index contributed by atoms with van der Waals surface area (Å²) in [6.45, 7) is 7.41. The lowest BCUT2D eigenvalue weighted by molar-refractivity contribution is 0.166. The van der Waals surface area contributed by atoms with E-state index in [0.717, 1.165) is 18.4 Å². The largest absolute Gasteiger partial charge is 0.393 e. The summed E-state index contributed by atoms with van der Waals surface area (Å²) >= 11 is 0. The highest BCUT2D eigenvalue weighted by atomic mass is 16.3. The van der Waals surface area contributed by atoms with Crippen molar-refractivity contribution in [2.75, 3.05) is 0 Å². The van der Waals surface area contributed by atoms with Gasteiger partial charge in [0.05, 0.1) is 6.10 Å². The van der Waals surface area contributed by atoms with Gasteiger partial charge in [0.15, 0.2) is 0 Å². The minimum atomic E-state index is -0.310. The third-order valence-corrected chi connectivity index (χ3v) is 2.40. The van der Waals surface area contributed by atoms with Crippen molar-refractivity contribution in [1.29, 1.82) is 0 Å².